The summed E-state index contributed by atoms with van der Waals surface area (Å²) in [4.78, 5) is 46.8. The molecule has 3 N–H and O–H groups in total. The fraction of sp³-hybridized carbons (Fsp3) is 0.0500. The zero-order valence-electron chi connectivity index (χ0n) is 26.8. The predicted molar refractivity (Wildman–Crippen MR) is 207 cm³/mol. The van der Waals surface area contributed by atoms with Crippen molar-refractivity contribution in [1.82, 2.24) is 10.3 Å². The molecule has 0 fully saturated rings. The van der Waals surface area contributed by atoms with Crippen LogP contribution in [0.25, 0.3) is 17.3 Å². The smallest absolute Gasteiger partial charge is 0.272 e. The first-order valence-electron chi connectivity index (χ1n) is 15.6. The summed E-state index contributed by atoms with van der Waals surface area (Å²) in [5, 5.41) is 8.67. The van der Waals surface area contributed by atoms with E-state index < -0.39 is 17.1 Å². The van der Waals surface area contributed by atoms with Gasteiger partial charge in [0.1, 0.15) is 10.9 Å². The van der Waals surface area contributed by atoms with E-state index in [0.717, 1.165) is 36.6 Å². The van der Waals surface area contributed by atoms with E-state index in [9.17, 15) is 14.4 Å². The number of carbonyl (C=O) groups is 3. The number of thiazole rings is 1. The van der Waals surface area contributed by atoms with Crippen LogP contribution in [0.5, 0.6) is 0 Å². The van der Waals surface area contributed by atoms with Crippen molar-refractivity contribution in [2.75, 3.05) is 10.6 Å². The number of nitrogens with one attached hydrogen (secondary N) is 3. The molecule has 1 aromatic heterocycles. The lowest BCUT2D eigenvalue weighted by Crippen LogP contribution is -2.30. The Labute approximate surface area is 307 Å². The molecule has 10 heteroatoms. The number of hydrogen-bond donors (Lipinski definition) is 3. The quantitative estimate of drug-likeness (QED) is 0.0903. The molecule has 1 atom stereocenters. The van der Waals surface area contributed by atoms with Crippen molar-refractivity contribution in [3.63, 3.8) is 0 Å². The second kappa shape index (κ2) is 16.4. The number of nitrogens with zero attached hydrogens (tertiary/aromatic N) is 1. The molecular formula is C40H31BrN4O3S2. The fourth-order valence-electron chi connectivity index (χ4n) is 5.00. The second-order valence-electron chi connectivity index (χ2n) is 11.1. The lowest BCUT2D eigenvalue weighted by Gasteiger charge is -2.17. The molecule has 6 aromatic rings. The van der Waals surface area contributed by atoms with E-state index >= 15 is 0 Å². The number of amides is 3. The van der Waals surface area contributed by atoms with Crippen LogP contribution >= 0.6 is 39.0 Å². The highest BCUT2D eigenvalue weighted by atomic mass is 79.9. The molecule has 0 aliphatic carbocycles. The van der Waals surface area contributed by atoms with Crippen LogP contribution in [0.3, 0.4) is 0 Å². The molecule has 0 saturated carbocycles. The van der Waals surface area contributed by atoms with Crippen LogP contribution in [-0.2, 0) is 9.59 Å². The van der Waals surface area contributed by atoms with Crippen molar-refractivity contribution in [2.24, 2.45) is 0 Å². The fourth-order valence-corrected chi connectivity index (χ4v) is 7.13. The van der Waals surface area contributed by atoms with Gasteiger partial charge in [-0.2, -0.15) is 0 Å². The van der Waals surface area contributed by atoms with Crippen molar-refractivity contribution in [3.05, 3.63) is 171 Å². The summed E-state index contributed by atoms with van der Waals surface area (Å²) in [6.45, 7) is 2.00. The summed E-state index contributed by atoms with van der Waals surface area (Å²) < 4.78 is 0.898. The molecule has 3 amide bonds. The highest BCUT2D eigenvalue weighted by Gasteiger charge is 2.24. The Hall–Kier alpha value is -5.29. The Morgan fingerprint density at radius 3 is 2.04 bits per heavy atom. The van der Waals surface area contributed by atoms with Crippen LogP contribution in [0.1, 0.15) is 31.6 Å². The molecule has 1 heterocycles. The van der Waals surface area contributed by atoms with Gasteiger partial charge in [0, 0.05) is 31.1 Å². The average Bonchev–Trinajstić information content (AvgIpc) is 3.52. The highest BCUT2D eigenvalue weighted by Crippen LogP contribution is 2.38. The molecular weight excluding hydrogens is 729 g/mol. The maximum Gasteiger partial charge on any atom is 0.272 e. The normalized spacial score (nSPS) is 11.8. The minimum atomic E-state index is -0.560. The molecule has 248 valence electrons. The van der Waals surface area contributed by atoms with E-state index in [4.69, 9.17) is 4.98 Å². The third-order valence-electron chi connectivity index (χ3n) is 7.49. The maximum absolute atomic E-state index is 13.8. The summed E-state index contributed by atoms with van der Waals surface area (Å²) in [5.41, 5.74) is 4.49. The molecule has 0 aliphatic rings. The molecule has 0 bridgehead atoms. The number of hydrogen-bond acceptors (Lipinski definition) is 6. The Kier molecular flexibility index (Phi) is 11.3. The first kappa shape index (κ1) is 34.6. The lowest BCUT2D eigenvalue weighted by atomic mass is 10.1. The van der Waals surface area contributed by atoms with Gasteiger partial charge in [-0.1, -0.05) is 107 Å². The van der Waals surface area contributed by atoms with E-state index in [0.29, 0.717) is 16.4 Å². The van der Waals surface area contributed by atoms with Crippen molar-refractivity contribution >= 4 is 73.6 Å². The molecule has 5 aromatic carbocycles. The van der Waals surface area contributed by atoms with E-state index in [-0.39, 0.29) is 11.6 Å². The molecule has 0 aliphatic heterocycles. The lowest BCUT2D eigenvalue weighted by molar-refractivity contribution is -0.116. The predicted octanol–water partition coefficient (Wildman–Crippen LogP) is 9.76. The van der Waals surface area contributed by atoms with E-state index in [1.54, 1.807) is 42.5 Å². The Bertz CT molecular complexity index is 2120. The summed E-state index contributed by atoms with van der Waals surface area (Å²) in [5.74, 6) is -1.07. The molecule has 0 saturated heterocycles. The average molecular weight is 760 g/mol. The molecule has 0 spiro atoms. The Morgan fingerprint density at radius 2 is 1.38 bits per heavy atom. The van der Waals surface area contributed by atoms with E-state index in [1.165, 1.54) is 23.1 Å². The maximum atomic E-state index is 13.8. The minimum absolute atomic E-state index is 0.0910. The minimum Gasteiger partial charge on any atom is -0.321 e. The van der Waals surface area contributed by atoms with Gasteiger partial charge in [0.05, 0.1) is 5.69 Å². The number of benzene rings is 5. The van der Waals surface area contributed by atoms with Crippen LogP contribution in [0.4, 0.5) is 10.8 Å². The summed E-state index contributed by atoms with van der Waals surface area (Å²) in [7, 11) is 0. The summed E-state index contributed by atoms with van der Waals surface area (Å²) in [6, 6.07) is 42.9. The van der Waals surface area contributed by atoms with Gasteiger partial charge in [-0.3, -0.25) is 14.4 Å². The first-order chi connectivity index (χ1) is 24.3. The number of aryl methyl sites for hydroxylation is 1. The van der Waals surface area contributed by atoms with Crippen LogP contribution in [0, 0.1) is 6.92 Å². The zero-order valence-corrected chi connectivity index (χ0v) is 30.0. The number of anilines is 2. The SMILES string of the molecule is Cc1sc(NC(=O)C(Sc2ccc(NC(=O)/C(=C/c3ccc(Br)cc3)NC(=O)c3ccccc3)cc2)c2ccccc2)nc1-c1ccccc1. The summed E-state index contributed by atoms with van der Waals surface area (Å²) >= 11 is 6.27. The van der Waals surface area contributed by atoms with Gasteiger partial charge in [-0.05, 0) is 72.7 Å². The molecule has 7 nitrogen and oxygen atoms in total. The number of carbonyl (C=O) groups excluding carboxylic acids is 3. The topological polar surface area (TPSA) is 100 Å². The van der Waals surface area contributed by atoms with Gasteiger partial charge in [-0.25, -0.2) is 4.98 Å². The second-order valence-corrected chi connectivity index (χ2v) is 14.4. The highest BCUT2D eigenvalue weighted by molar-refractivity contribution is 9.10. The summed E-state index contributed by atoms with van der Waals surface area (Å²) in [6.07, 6.45) is 1.63. The monoisotopic (exact) mass is 758 g/mol. The van der Waals surface area contributed by atoms with Crippen molar-refractivity contribution in [3.8, 4) is 11.3 Å². The largest absolute Gasteiger partial charge is 0.321 e. The van der Waals surface area contributed by atoms with Gasteiger partial charge < -0.3 is 16.0 Å². The standard InChI is InChI=1S/C40H31BrN4O3S2/c1-26-35(28-11-5-2-6-12-28)44-40(49-26)45-39(48)36(29-13-7-3-8-14-29)50-33-23-21-32(22-24-33)42-38(47)34(25-27-17-19-31(41)20-18-27)43-37(46)30-15-9-4-10-16-30/h2-25,36H,1H3,(H,42,47)(H,43,46)(H,44,45,48)/b34-25-. The Balaban J connectivity index is 1.18. The molecule has 1 unspecified atom stereocenters. The van der Waals surface area contributed by atoms with Crippen molar-refractivity contribution in [2.45, 2.75) is 17.1 Å². The number of thioether (sulfide) groups is 1. The van der Waals surface area contributed by atoms with Gasteiger partial charge in [0.15, 0.2) is 5.13 Å². The zero-order chi connectivity index (χ0) is 34.9. The van der Waals surface area contributed by atoms with Gasteiger partial charge in [0.2, 0.25) is 5.91 Å². The van der Waals surface area contributed by atoms with Gasteiger partial charge >= 0.3 is 0 Å². The Morgan fingerprint density at radius 1 is 0.760 bits per heavy atom. The third kappa shape index (κ3) is 9.03. The molecule has 6 rings (SSSR count). The third-order valence-corrected chi connectivity index (χ3v) is 10.2. The van der Waals surface area contributed by atoms with E-state index in [1.807, 2.05) is 110 Å². The van der Waals surface area contributed by atoms with Crippen LogP contribution in [0.15, 0.2) is 155 Å². The van der Waals surface area contributed by atoms with Crippen LogP contribution in [0.2, 0.25) is 0 Å². The number of halogens is 1. The molecule has 0 radical (unpaired) electrons. The van der Waals surface area contributed by atoms with Gasteiger partial charge in [0.25, 0.3) is 11.8 Å². The van der Waals surface area contributed by atoms with Crippen LogP contribution in [-0.4, -0.2) is 22.7 Å². The number of rotatable bonds is 11. The van der Waals surface area contributed by atoms with E-state index in [2.05, 4.69) is 31.9 Å². The first-order valence-corrected chi connectivity index (χ1v) is 18.1. The number of aromatic nitrogens is 1. The molecule has 50 heavy (non-hydrogen) atoms. The van der Waals surface area contributed by atoms with Gasteiger partial charge in [-0.15, -0.1) is 23.1 Å². The van der Waals surface area contributed by atoms with Crippen molar-refractivity contribution < 1.29 is 14.4 Å². The van der Waals surface area contributed by atoms with Crippen molar-refractivity contribution in [1.29, 1.82) is 0 Å². The van der Waals surface area contributed by atoms with Crippen LogP contribution < -0.4 is 16.0 Å².